The van der Waals surface area contributed by atoms with Crippen molar-refractivity contribution in [1.82, 2.24) is 0 Å². The summed E-state index contributed by atoms with van der Waals surface area (Å²) in [5.41, 5.74) is 0.476. The number of hydrogen-bond acceptors (Lipinski definition) is 0. The van der Waals surface area contributed by atoms with Crippen molar-refractivity contribution < 1.29 is 0 Å². The second-order valence-electron chi connectivity index (χ2n) is 7.97. The average molecular weight is 421 g/mol. The Labute approximate surface area is 165 Å². The predicted octanol–water partition coefficient (Wildman–Crippen LogP) is 9.26. The molecule has 2 heteroatoms. The number of rotatable bonds is 17. The van der Waals surface area contributed by atoms with E-state index in [1.165, 1.54) is 103 Å². The van der Waals surface area contributed by atoms with Gasteiger partial charge in [0, 0.05) is 4.07 Å². The van der Waals surface area contributed by atoms with Gasteiger partial charge in [0.2, 0.25) is 0 Å². The molecule has 0 aliphatic rings. The zero-order valence-electron chi connectivity index (χ0n) is 17.3. The van der Waals surface area contributed by atoms with Crippen molar-refractivity contribution in [2.45, 2.75) is 134 Å². The van der Waals surface area contributed by atoms with Crippen LogP contribution in [-0.2, 0) is 0 Å². The molecule has 0 amide bonds. The minimum Gasteiger partial charge on any atom is -0.119 e. The Balaban J connectivity index is 4.90. The van der Waals surface area contributed by atoms with Crippen molar-refractivity contribution in [3.8, 4) is 0 Å². The van der Waals surface area contributed by atoms with Crippen LogP contribution < -0.4 is 0 Å². The lowest BCUT2D eigenvalue weighted by molar-refractivity contribution is 0.171. The monoisotopic (exact) mass is 420 g/mol. The molecule has 0 heterocycles. The molecule has 146 valence electrons. The maximum Gasteiger partial charge on any atom is 0.0453 e. The van der Waals surface area contributed by atoms with Gasteiger partial charge in [0.25, 0.3) is 0 Å². The molecule has 24 heavy (non-hydrogen) atoms. The normalized spacial score (nSPS) is 14.8. The summed E-state index contributed by atoms with van der Waals surface area (Å²) in [5, 5.41) is 0. The van der Waals surface area contributed by atoms with Gasteiger partial charge in [-0.15, -0.1) is 9.24 Å². The summed E-state index contributed by atoms with van der Waals surface area (Å²) >= 11 is 4.22. The van der Waals surface area contributed by atoms with Crippen LogP contribution in [0.5, 0.6) is 0 Å². The maximum atomic E-state index is 4.22. The van der Waals surface area contributed by atoms with Crippen LogP contribution in [-0.4, -0.2) is 4.07 Å². The van der Waals surface area contributed by atoms with Gasteiger partial charge in [0.1, 0.15) is 0 Å². The number of alkyl halides is 1. The smallest absolute Gasteiger partial charge is 0.0453 e. The van der Waals surface area contributed by atoms with Crippen LogP contribution in [0.15, 0.2) is 0 Å². The lowest BCUT2D eigenvalue weighted by Gasteiger charge is -2.47. The van der Waals surface area contributed by atoms with Gasteiger partial charge in [-0.25, -0.2) is 0 Å². The lowest BCUT2D eigenvalue weighted by atomic mass is 9.70. The highest BCUT2D eigenvalue weighted by Crippen LogP contribution is 2.56. The Hall–Kier alpha value is 0.910. The van der Waals surface area contributed by atoms with Crippen LogP contribution >= 0.6 is 25.2 Å². The van der Waals surface area contributed by atoms with E-state index in [0.717, 1.165) is 0 Å². The molecule has 0 nitrogen and oxygen atoms in total. The molecular weight excluding hydrogens is 375 g/mol. The maximum absolute atomic E-state index is 4.22. The average Bonchev–Trinajstić information content (AvgIpc) is 2.57. The van der Waals surface area contributed by atoms with Crippen LogP contribution in [0.3, 0.4) is 0 Å². The molecule has 0 saturated heterocycles. The van der Waals surface area contributed by atoms with E-state index in [9.17, 15) is 0 Å². The quantitative estimate of drug-likeness (QED) is 0.125. The summed E-state index contributed by atoms with van der Waals surface area (Å²) in [5.74, 6) is 0. The molecule has 0 N–H and O–H groups in total. The molecule has 0 bridgehead atoms. The van der Waals surface area contributed by atoms with Crippen LogP contribution in [0.25, 0.3) is 0 Å². The van der Waals surface area contributed by atoms with Crippen molar-refractivity contribution >= 4 is 25.2 Å². The number of unbranched alkanes of at least 4 members (excludes halogenated alkanes) is 8. The zero-order valence-corrected chi connectivity index (χ0v) is 20.0. The third-order valence-electron chi connectivity index (χ3n) is 5.80. The Morgan fingerprint density at radius 3 is 1.42 bits per heavy atom. The van der Waals surface area contributed by atoms with E-state index in [1.807, 2.05) is 0 Å². The van der Waals surface area contributed by atoms with Gasteiger partial charge < -0.3 is 0 Å². The van der Waals surface area contributed by atoms with Crippen LogP contribution in [0.2, 0.25) is 0 Å². The molecular formula is C22H46BrP. The Kier molecular flexibility index (Phi) is 15.6. The molecule has 0 aliphatic carbocycles. The van der Waals surface area contributed by atoms with Crippen LogP contribution in [0, 0.1) is 5.41 Å². The van der Waals surface area contributed by atoms with Crippen LogP contribution in [0.1, 0.15) is 130 Å². The SMILES string of the molecule is CCCCCCCCC(CCCC)(CCCC)C(P)(Br)CCCC. The van der Waals surface area contributed by atoms with Gasteiger partial charge in [0.05, 0.1) is 0 Å². The van der Waals surface area contributed by atoms with Gasteiger partial charge in [-0.3, -0.25) is 0 Å². The first kappa shape index (κ1) is 24.9. The van der Waals surface area contributed by atoms with E-state index in [-0.39, 0.29) is 4.07 Å². The molecule has 0 aromatic rings. The summed E-state index contributed by atoms with van der Waals surface area (Å²) in [6, 6.07) is 0. The van der Waals surface area contributed by atoms with Gasteiger partial charge in [0.15, 0.2) is 0 Å². The first-order valence-corrected chi connectivity index (χ1v) is 12.3. The fraction of sp³-hybridized carbons (Fsp3) is 1.00. The van der Waals surface area contributed by atoms with Gasteiger partial charge >= 0.3 is 0 Å². The molecule has 0 aromatic heterocycles. The minimum absolute atomic E-state index is 0.240. The topological polar surface area (TPSA) is 0 Å². The lowest BCUT2D eigenvalue weighted by Crippen LogP contribution is -2.39. The second-order valence-corrected chi connectivity index (χ2v) is 11.2. The highest BCUT2D eigenvalue weighted by Gasteiger charge is 2.44. The van der Waals surface area contributed by atoms with Gasteiger partial charge in [-0.05, 0) is 31.1 Å². The Bertz CT molecular complexity index is 267. The molecule has 2 atom stereocenters. The Morgan fingerprint density at radius 2 is 0.917 bits per heavy atom. The van der Waals surface area contributed by atoms with E-state index in [1.54, 1.807) is 0 Å². The highest BCUT2D eigenvalue weighted by atomic mass is 79.9. The van der Waals surface area contributed by atoms with Crippen molar-refractivity contribution in [1.29, 1.82) is 0 Å². The second kappa shape index (κ2) is 15.0. The molecule has 0 aliphatic heterocycles. The third kappa shape index (κ3) is 9.56. The third-order valence-corrected chi connectivity index (χ3v) is 7.94. The first-order chi connectivity index (χ1) is 11.5. The minimum atomic E-state index is 0.240. The van der Waals surface area contributed by atoms with Gasteiger partial charge in [-0.1, -0.05) is 121 Å². The van der Waals surface area contributed by atoms with E-state index in [0.29, 0.717) is 5.41 Å². The van der Waals surface area contributed by atoms with Crippen molar-refractivity contribution in [3.05, 3.63) is 0 Å². The molecule has 0 spiro atoms. The molecule has 0 rings (SSSR count). The summed E-state index contributed by atoms with van der Waals surface area (Å²) in [6.45, 7) is 9.32. The summed E-state index contributed by atoms with van der Waals surface area (Å²) in [6.07, 6.45) is 22.1. The van der Waals surface area contributed by atoms with E-state index >= 15 is 0 Å². The molecule has 0 aromatic carbocycles. The standard InChI is InChI=1S/C22H46BrP/c1-5-9-13-14-15-16-19-21(17-10-6-2,18-11-7-3)22(23,24)20-12-8-4/h5-20,24H2,1-4H3. The summed E-state index contributed by atoms with van der Waals surface area (Å²) < 4.78 is 0.240. The van der Waals surface area contributed by atoms with Crippen molar-refractivity contribution in [3.63, 3.8) is 0 Å². The largest absolute Gasteiger partial charge is 0.119 e. The molecule has 0 fully saturated rings. The van der Waals surface area contributed by atoms with Crippen molar-refractivity contribution in [2.75, 3.05) is 0 Å². The van der Waals surface area contributed by atoms with E-state index in [2.05, 4.69) is 52.9 Å². The summed E-state index contributed by atoms with van der Waals surface area (Å²) in [4.78, 5) is 0. The zero-order chi connectivity index (χ0) is 18.3. The van der Waals surface area contributed by atoms with E-state index in [4.69, 9.17) is 0 Å². The summed E-state index contributed by atoms with van der Waals surface area (Å²) in [7, 11) is 3.26. The molecule has 0 saturated carbocycles. The van der Waals surface area contributed by atoms with Crippen LogP contribution in [0.4, 0.5) is 0 Å². The molecule has 2 unspecified atom stereocenters. The number of halogens is 1. The fourth-order valence-corrected chi connectivity index (χ4v) is 5.48. The predicted molar refractivity (Wildman–Crippen MR) is 120 cm³/mol. The fourth-order valence-electron chi connectivity index (χ4n) is 3.97. The van der Waals surface area contributed by atoms with Gasteiger partial charge in [-0.2, -0.15) is 0 Å². The molecule has 0 radical (unpaired) electrons. The Morgan fingerprint density at radius 1 is 0.542 bits per heavy atom. The number of hydrogen-bond donors (Lipinski definition) is 0. The van der Waals surface area contributed by atoms with E-state index < -0.39 is 0 Å². The first-order valence-electron chi connectivity index (χ1n) is 11.0. The van der Waals surface area contributed by atoms with Crippen molar-refractivity contribution in [2.24, 2.45) is 5.41 Å². The highest BCUT2D eigenvalue weighted by molar-refractivity contribution is 9.11.